The van der Waals surface area contributed by atoms with Crippen molar-refractivity contribution in [3.05, 3.63) is 96.1 Å². The molecule has 4 N–H and O–H groups in total. The first kappa shape index (κ1) is 25.7. The molecule has 0 saturated heterocycles. The van der Waals surface area contributed by atoms with Crippen LogP contribution in [0.1, 0.15) is 17.5 Å². The molecule has 8 heteroatoms. The zero-order valence-electron chi connectivity index (χ0n) is 20.1. The maximum Gasteiger partial charge on any atom is 0.407 e. The number of ether oxygens (including phenoxy) is 1. The van der Waals surface area contributed by atoms with Crippen molar-refractivity contribution in [3.63, 3.8) is 0 Å². The number of amides is 2. The Morgan fingerprint density at radius 3 is 2.05 bits per heavy atom. The second kappa shape index (κ2) is 12.0. The molecule has 0 aromatic heterocycles. The summed E-state index contributed by atoms with van der Waals surface area (Å²) in [5.41, 5.74) is 1.64. The lowest BCUT2D eigenvalue weighted by Crippen LogP contribution is -2.44. The number of nitrogens with one attached hydrogen (secondary N) is 2. The first-order valence-corrected chi connectivity index (χ1v) is 11.9. The van der Waals surface area contributed by atoms with E-state index in [-0.39, 0.29) is 26.0 Å². The van der Waals surface area contributed by atoms with E-state index >= 15 is 0 Å². The molecule has 0 unspecified atom stereocenters. The number of aliphatic hydroxyl groups excluding tert-OH is 1. The number of hydrogen-bond donors (Lipinski definition) is 4. The fraction of sp³-hybridized carbons (Fsp3) is 0.207. The smallest absolute Gasteiger partial charge is 0.407 e. The number of alkyl carbamates (subject to hydrolysis) is 1. The number of hydrogen-bond acceptors (Lipinski definition) is 5. The Morgan fingerprint density at radius 2 is 1.43 bits per heavy atom. The van der Waals surface area contributed by atoms with E-state index in [0.29, 0.717) is 0 Å². The maximum atomic E-state index is 12.6. The molecule has 37 heavy (non-hydrogen) atoms. The van der Waals surface area contributed by atoms with Crippen molar-refractivity contribution in [3.8, 4) is 0 Å². The molecule has 190 valence electrons. The number of rotatable bonds is 10. The van der Waals surface area contributed by atoms with E-state index in [9.17, 15) is 24.6 Å². The highest BCUT2D eigenvalue weighted by molar-refractivity contribution is 6.02. The van der Waals surface area contributed by atoms with Gasteiger partial charge in [0, 0.05) is 13.0 Å². The van der Waals surface area contributed by atoms with Gasteiger partial charge in [-0.3, -0.25) is 4.79 Å². The number of carbonyl (C=O) groups excluding carboxylic acids is 2. The minimum absolute atomic E-state index is 0.0725. The molecule has 0 aliphatic carbocycles. The summed E-state index contributed by atoms with van der Waals surface area (Å²) in [6, 6.07) is 25.4. The van der Waals surface area contributed by atoms with Crippen LogP contribution in [0.3, 0.4) is 0 Å². The van der Waals surface area contributed by atoms with E-state index in [4.69, 9.17) is 4.74 Å². The summed E-state index contributed by atoms with van der Waals surface area (Å²) in [6.07, 6.45) is -2.24. The molecule has 0 spiro atoms. The quantitative estimate of drug-likeness (QED) is 0.246. The number of carbonyl (C=O) groups is 3. The monoisotopic (exact) mass is 500 g/mol. The summed E-state index contributed by atoms with van der Waals surface area (Å²) in [5, 5.41) is 28.8. The number of carboxylic acids is 1. The Hall–Kier alpha value is -4.43. The fourth-order valence-electron chi connectivity index (χ4n) is 4.25. The van der Waals surface area contributed by atoms with Crippen LogP contribution in [0.4, 0.5) is 4.79 Å². The van der Waals surface area contributed by atoms with Gasteiger partial charge in [0.25, 0.3) is 0 Å². The average molecular weight is 501 g/mol. The fourth-order valence-corrected chi connectivity index (χ4v) is 4.25. The number of fused-ring (bicyclic) bond motifs is 2. The van der Waals surface area contributed by atoms with Gasteiger partial charge in [0.05, 0.1) is 12.5 Å². The standard InChI is InChI=1S/C29H28N2O6/c32-22(17-30-29(36)37-18-19-8-2-1-3-9-19)15-27(33)31-26(28(34)35)16-25-23-12-6-4-10-20(23)14-21-11-5-7-13-24(21)25/h1-14,22,26,32H,15-18H2,(H,30,36)(H,31,33)(H,34,35)/t22-,26+/m1/s1. The lowest BCUT2D eigenvalue weighted by molar-refractivity contribution is -0.142. The average Bonchev–Trinajstić information content (AvgIpc) is 2.90. The molecule has 0 fully saturated rings. The largest absolute Gasteiger partial charge is 0.480 e. The van der Waals surface area contributed by atoms with Crippen molar-refractivity contribution in [2.24, 2.45) is 0 Å². The lowest BCUT2D eigenvalue weighted by atomic mass is 9.92. The van der Waals surface area contributed by atoms with E-state index < -0.39 is 30.1 Å². The normalized spacial score (nSPS) is 12.6. The Labute approximate surface area is 213 Å². The number of carboxylic acid groups (broad SMARTS) is 1. The summed E-state index contributed by atoms with van der Waals surface area (Å²) in [5.74, 6) is -1.81. The molecular weight excluding hydrogens is 472 g/mol. The van der Waals surface area contributed by atoms with Gasteiger partial charge in [-0.2, -0.15) is 0 Å². The molecule has 2 atom stereocenters. The SMILES string of the molecule is O=C(C[C@@H](O)CNC(=O)OCc1ccccc1)N[C@@H](Cc1c2ccccc2cc2ccccc12)C(=O)O. The minimum atomic E-state index is -1.21. The van der Waals surface area contributed by atoms with Gasteiger partial charge in [-0.25, -0.2) is 9.59 Å². The van der Waals surface area contributed by atoms with Crippen molar-refractivity contribution < 1.29 is 29.3 Å². The highest BCUT2D eigenvalue weighted by Gasteiger charge is 2.24. The van der Waals surface area contributed by atoms with Gasteiger partial charge in [0.1, 0.15) is 12.6 Å². The van der Waals surface area contributed by atoms with Gasteiger partial charge in [0.15, 0.2) is 0 Å². The minimum Gasteiger partial charge on any atom is -0.480 e. The second-order valence-corrected chi connectivity index (χ2v) is 8.76. The van der Waals surface area contributed by atoms with E-state index in [1.807, 2.05) is 78.9 Å². The third-order valence-corrected chi connectivity index (χ3v) is 6.04. The van der Waals surface area contributed by atoms with E-state index in [1.165, 1.54) is 0 Å². The molecule has 4 aromatic carbocycles. The third kappa shape index (κ3) is 6.83. The van der Waals surface area contributed by atoms with Gasteiger partial charge in [-0.15, -0.1) is 0 Å². The Balaban J connectivity index is 1.36. The molecule has 4 aromatic rings. The van der Waals surface area contributed by atoms with E-state index in [0.717, 1.165) is 32.7 Å². The van der Waals surface area contributed by atoms with Gasteiger partial charge in [0.2, 0.25) is 5.91 Å². The van der Waals surface area contributed by atoms with Crippen molar-refractivity contribution in [1.82, 2.24) is 10.6 Å². The van der Waals surface area contributed by atoms with Crippen LogP contribution in [0, 0.1) is 0 Å². The second-order valence-electron chi connectivity index (χ2n) is 8.76. The summed E-state index contributed by atoms with van der Waals surface area (Å²) < 4.78 is 5.08. The van der Waals surface area contributed by atoms with Crippen molar-refractivity contribution in [2.45, 2.75) is 31.6 Å². The van der Waals surface area contributed by atoms with Crippen molar-refractivity contribution in [2.75, 3.05) is 6.54 Å². The number of aliphatic carboxylic acids is 1. The highest BCUT2D eigenvalue weighted by Crippen LogP contribution is 2.29. The van der Waals surface area contributed by atoms with Crippen LogP contribution >= 0.6 is 0 Å². The molecule has 2 amide bonds. The Bertz CT molecular complexity index is 1350. The summed E-state index contributed by atoms with van der Waals surface area (Å²) in [4.78, 5) is 36.5. The molecule has 0 aliphatic rings. The Kier molecular flexibility index (Phi) is 8.33. The molecule has 0 radical (unpaired) electrons. The van der Waals surface area contributed by atoms with E-state index in [2.05, 4.69) is 16.7 Å². The molecule has 0 saturated carbocycles. The molecule has 0 aliphatic heterocycles. The molecule has 0 bridgehead atoms. The number of aliphatic hydroxyl groups is 1. The van der Waals surface area contributed by atoms with Crippen LogP contribution in [0.5, 0.6) is 0 Å². The first-order chi connectivity index (χ1) is 17.9. The van der Waals surface area contributed by atoms with Crippen LogP contribution in [-0.2, 0) is 27.4 Å². The lowest BCUT2D eigenvalue weighted by Gasteiger charge is -2.19. The van der Waals surface area contributed by atoms with Crippen LogP contribution < -0.4 is 10.6 Å². The molecule has 4 rings (SSSR count). The molecule has 0 heterocycles. The zero-order chi connectivity index (χ0) is 26.2. The Morgan fingerprint density at radius 1 is 0.838 bits per heavy atom. The van der Waals surface area contributed by atoms with Gasteiger partial charge >= 0.3 is 12.1 Å². The van der Waals surface area contributed by atoms with Crippen LogP contribution in [0.15, 0.2) is 84.9 Å². The van der Waals surface area contributed by atoms with Crippen molar-refractivity contribution in [1.29, 1.82) is 0 Å². The van der Waals surface area contributed by atoms with Crippen LogP contribution in [-0.4, -0.2) is 46.9 Å². The molecule has 8 nitrogen and oxygen atoms in total. The predicted molar refractivity (Wildman–Crippen MR) is 140 cm³/mol. The number of benzene rings is 4. The van der Waals surface area contributed by atoms with Crippen LogP contribution in [0.2, 0.25) is 0 Å². The zero-order valence-corrected chi connectivity index (χ0v) is 20.1. The van der Waals surface area contributed by atoms with Gasteiger partial charge in [-0.05, 0) is 38.7 Å². The predicted octanol–water partition coefficient (Wildman–Crippen LogP) is 3.78. The maximum absolute atomic E-state index is 12.6. The topological polar surface area (TPSA) is 125 Å². The molecular formula is C29H28N2O6. The summed E-state index contributed by atoms with van der Waals surface area (Å²) in [6.45, 7) is -0.140. The summed E-state index contributed by atoms with van der Waals surface area (Å²) in [7, 11) is 0. The van der Waals surface area contributed by atoms with Crippen molar-refractivity contribution >= 4 is 39.5 Å². The highest BCUT2D eigenvalue weighted by atomic mass is 16.5. The summed E-state index contributed by atoms with van der Waals surface area (Å²) >= 11 is 0. The van der Waals surface area contributed by atoms with Gasteiger partial charge in [-0.1, -0.05) is 78.9 Å². The van der Waals surface area contributed by atoms with Crippen LogP contribution in [0.25, 0.3) is 21.5 Å². The third-order valence-electron chi connectivity index (χ3n) is 6.04. The first-order valence-electron chi connectivity index (χ1n) is 11.9. The van der Waals surface area contributed by atoms with Gasteiger partial charge < -0.3 is 25.6 Å². The van der Waals surface area contributed by atoms with E-state index in [1.54, 1.807) is 0 Å².